The zero-order valence-corrected chi connectivity index (χ0v) is 12.3. The maximum absolute atomic E-state index is 12.7. The Morgan fingerprint density at radius 1 is 1.25 bits per heavy atom. The molecule has 1 saturated carbocycles. The molecule has 2 aliphatic rings. The fourth-order valence-electron chi connectivity index (χ4n) is 3.18. The number of piperazine rings is 1. The number of ether oxygens (including phenoxy) is 2. The van der Waals surface area contributed by atoms with Crippen LogP contribution in [-0.4, -0.2) is 62.3 Å². The zero-order chi connectivity index (χ0) is 14.6. The average Bonchev–Trinajstić information content (AvgIpc) is 2.44. The van der Waals surface area contributed by atoms with Gasteiger partial charge in [-0.25, -0.2) is 0 Å². The third-order valence-corrected chi connectivity index (χ3v) is 4.23. The molecule has 0 bridgehead atoms. The normalized spacial score (nSPS) is 23.8. The highest BCUT2D eigenvalue weighted by Crippen LogP contribution is 2.31. The van der Waals surface area contributed by atoms with Crippen LogP contribution in [0.5, 0.6) is 0 Å². The number of carbonyl (C=O) groups excluding carboxylic acids is 2. The summed E-state index contributed by atoms with van der Waals surface area (Å²) in [6.45, 7) is 0.928. The van der Waals surface area contributed by atoms with Crippen molar-refractivity contribution in [1.29, 1.82) is 0 Å². The number of methoxy groups -OCH3 is 2. The molecular weight excluding hydrogens is 260 g/mol. The van der Waals surface area contributed by atoms with Crippen molar-refractivity contribution in [1.82, 2.24) is 10.2 Å². The van der Waals surface area contributed by atoms with Crippen molar-refractivity contribution in [2.24, 2.45) is 0 Å². The van der Waals surface area contributed by atoms with Crippen LogP contribution in [-0.2, 0) is 19.1 Å². The third kappa shape index (κ3) is 3.12. The summed E-state index contributed by atoms with van der Waals surface area (Å²) in [5.74, 6) is -0.0336. The Bertz CT molecular complexity index is 366. The van der Waals surface area contributed by atoms with Gasteiger partial charge in [0.2, 0.25) is 11.8 Å². The number of nitrogens with zero attached hydrogens (tertiary/aromatic N) is 1. The largest absolute Gasteiger partial charge is 0.382 e. The van der Waals surface area contributed by atoms with E-state index in [4.69, 9.17) is 9.47 Å². The Hall–Kier alpha value is -1.14. The molecule has 1 atom stereocenters. The SMILES string of the molecule is COCC(CN1CC(=O)NC2(CCCCC2)C1=O)OC. The van der Waals surface area contributed by atoms with Crippen molar-refractivity contribution < 1.29 is 19.1 Å². The van der Waals surface area contributed by atoms with Crippen LogP contribution < -0.4 is 5.32 Å². The first-order valence-electron chi connectivity index (χ1n) is 7.23. The van der Waals surface area contributed by atoms with Crippen molar-refractivity contribution in [3.63, 3.8) is 0 Å². The number of hydrogen-bond donors (Lipinski definition) is 1. The Balaban J connectivity index is 2.08. The molecule has 1 heterocycles. The monoisotopic (exact) mass is 284 g/mol. The van der Waals surface area contributed by atoms with Gasteiger partial charge in [0, 0.05) is 20.8 Å². The first kappa shape index (κ1) is 15.3. The van der Waals surface area contributed by atoms with E-state index in [-0.39, 0.29) is 24.5 Å². The summed E-state index contributed by atoms with van der Waals surface area (Å²) in [6.07, 6.45) is 4.41. The molecule has 1 aliphatic heterocycles. The standard InChI is InChI=1S/C14H24N2O4/c1-19-10-11(20-2)8-16-9-12(17)15-14(13(16)18)6-4-3-5-7-14/h11H,3-10H2,1-2H3,(H,15,17). The summed E-state index contributed by atoms with van der Waals surface area (Å²) in [4.78, 5) is 26.3. The summed E-state index contributed by atoms with van der Waals surface area (Å²) in [5, 5.41) is 2.93. The second-order valence-electron chi connectivity index (χ2n) is 5.69. The van der Waals surface area contributed by atoms with Gasteiger partial charge in [0.25, 0.3) is 0 Å². The van der Waals surface area contributed by atoms with Gasteiger partial charge in [-0.3, -0.25) is 9.59 Å². The van der Waals surface area contributed by atoms with E-state index in [0.29, 0.717) is 13.2 Å². The van der Waals surface area contributed by atoms with Gasteiger partial charge < -0.3 is 19.7 Å². The van der Waals surface area contributed by atoms with Crippen molar-refractivity contribution in [2.45, 2.75) is 43.7 Å². The highest BCUT2D eigenvalue weighted by atomic mass is 16.5. The minimum Gasteiger partial charge on any atom is -0.382 e. The molecule has 2 rings (SSSR count). The van der Waals surface area contributed by atoms with E-state index in [1.807, 2.05) is 0 Å². The van der Waals surface area contributed by atoms with Crippen molar-refractivity contribution in [3.05, 3.63) is 0 Å². The Morgan fingerprint density at radius 3 is 2.55 bits per heavy atom. The van der Waals surface area contributed by atoms with E-state index in [9.17, 15) is 9.59 Å². The number of rotatable bonds is 5. The van der Waals surface area contributed by atoms with E-state index in [2.05, 4.69) is 5.32 Å². The summed E-state index contributed by atoms with van der Waals surface area (Å²) in [7, 11) is 3.19. The van der Waals surface area contributed by atoms with E-state index in [1.165, 1.54) is 0 Å². The van der Waals surface area contributed by atoms with Gasteiger partial charge >= 0.3 is 0 Å². The second-order valence-corrected chi connectivity index (χ2v) is 5.69. The van der Waals surface area contributed by atoms with Crippen LogP contribution in [0.1, 0.15) is 32.1 Å². The molecule has 6 heteroatoms. The minimum atomic E-state index is -0.668. The van der Waals surface area contributed by atoms with Gasteiger partial charge in [-0.15, -0.1) is 0 Å². The predicted molar refractivity (Wildman–Crippen MR) is 73.2 cm³/mol. The first-order chi connectivity index (χ1) is 9.61. The Kier molecular flexibility index (Phi) is 4.99. The molecule has 0 aromatic carbocycles. The van der Waals surface area contributed by atoms with Crippen molar-refractivity contribution in [3.8, 4) is 0 Å². The summed E-state index contributed by atoms with van der Waals surface area (Å²) in [5.41, 5.74) is -0.668. The van der Waals surface area contributed by atoms with Gasteiger partial charge in [-0.2, -0.15) is 0 Å². The first-order valence-corrected chi connectivity index (χ1v) is 7.23. The molecule has 2 fully saturated rings. The van der Waals surface area contributed by atoms with Gasteiger partial charge in [-0.1, -0.05) is 19.3 Å². The van der Waals surface area contributed by atoms with Crippen LogP contribution in [0.4, 0.5) is 0 Å². The van der Waals surface area contributed by atoms with Gasteiger partial charge in [0.05, 0.1) is 19.3 Å². The predicted octanol–water partition coefficient (Wildman–Crippen LogP) is 0.309. The smallest absolute Gasteiger partial charge is 0.248 e. The van der Waals surface area contributed by atoms with Gasteiger partial charge in [-0.05, 0) is 12.8 Å². The van der Waals surface area contributed by atoms with Crippen LogP contribution in [0.2, 0.25) is 0 Å². The lowest BCUT2D eigenvalue weighted by atomic mass is 9.79. The molecule has 2 amide bonds. The van der Waals surface area contributed by atoms with Crippen LogP contribution in [0.15, 0.2) is 0 Å². The summed E-state index contributed by atoms with van der Waals surface area (Å²) >= 11 is 0. The van der Waals surface area contributed by atoms with E-state index in [1.54, 1.807) is 19.1 Å². The quantitative estimate of drug-likeness (QED) is 0.789. The molecule has 0 radical (unpaired) electrons. The zero-order valence-electron chi connectivity index (χ0n) is 12.3. The van der Waals surface area contributed by atoms with Gasteiger partial charge in [0.1, 0.15) is 5.54 Å². The van der Waals surface area contributed by atoms with Crippen LogP contribution in [0.25, 0.3) is 0 Å². The molecule has 1 saturated heterocycles. The number of hydrogen-bond acceptors (Lipinski definition) is 4. The second kappa shape index (κ2) is 6.54. The molecule has 1 N–H and O–H groups in total. The lowest BCUT2D eigenvalue weighted by Crippen LogP contribution is -2.68. The maximum Gasteiger partial charge on any atom is 0.248 e. The van der Waals surface area contributed by atoms with Crippen LogP contribution >= 0.6 is 0 Å². The van der Waals surface area contributed by atoms with Crippen molar-refractivity contribution in [2.75, 3.05) is 33.9 Å². The maximum atomic E-state index is 12.7. The fraction of sp³-hybridized carbons (Fsp3) is 0.857. The van der Waals surface area contributed by atoms with E-state index in [0.717, 1.165) is 32.1 Å². The highest BCUT2D eigenvalue weighted by Gasteiger charge is 2.47. The molecule has 0 aromatic rings. The van der Waals surface area contributed by atoms with Crippen LogP contribution in [0.3, 0.4) is 0 Å². The average molecular weight is 284 g/mol. The molecule has 1 unspecified atom stereocenters. The number of carbonyl (C=O) groups is 2. The molecular formula is C14H24N2O4. The van der Waals surface area contributed by atoms with Crippen LogP contribution in [0, 0.1) is 0 Å². The van der Waals surface area contributed by atoms with Gasteiger partial charge in [0.15, 0.2) is 0 Å². The molecule has 20 heavy (non-hydrogen) atoms. The molecule has 1 spiro atoms. The van der Waals surface area contributed by atoms with E-state index < -0.39 is 5.54 Å². The topological polar surface area (TPSA) is 67.9 Å². The number of nitrogens with one attached hydrogen (secondary N) is 1. The highest BCUT2D eigenvalue weighted by molar-refractivity contribution is 5.98. The number of amides is 2. The Labute approximate surface area is 119 Å². The third-order valence-electron chi connectivity index (χ3n) is 4.23. The van der Waals surface area contributed by atoms with Crippen molar-refractivity contribution >= 4 is 11.8 Å². The van der Waals surface area contributed by atoms with E-state index >= 15 is 0 Å². The lowest BCUT2D eigenvalue weighted by molar-refractivity contribution is -0.153. The lowest BCUT2D eigenvalue weighted by Gasteiger charge is -2.44. The minimum absolute atomic E-state index is 0.0370. The molecule has 0 aromatic heterocycles. The summed E-state index contributed by atoms with van der Waals surface area (Å²) in [6, 6.07) is 0. The summed E-state index contributed by atoms with van der Waals surface area (Å²) < 4.78 is 10.4. The Morgan fingerprint density at radius 2 is 1.95 bits per heavy atom. The molecule has 6 nitrogen and oxygen atoms in total. The fourth-order valence-corrected chi connectivity index (χ4v) is 3.18. The molecule has 1 aliphatic carbocycles. The molecule has 114 valence electrons.